The number of methoxy groups -OCH3 is 2. The van der Waals surface area contributed by atoms with Gasteiger partial charge in [-0.1, -0.05) is 37.2 Å². The third-order valence-corrected chi connectivity index (χ3v) is 4.36. The monoisotopic (exact) mass is 349 g/mol. The minimum Gasteiger partial charge on any atom is -0.493 e. The molecule has 2 rings (SSSR count). The lowest BCUT2D eigenvalue weighted by Gasteiger charge is -2.08. The fraction of sp³-hybridized carbons (Fsp3) is 0.471. The first-order chi connectivity index (χ1) is 11.7. The molecule has 0 spiro atoms. The average molecular weight is 349 g/mol. The van der Waals surface area contributed by atoms with Crippen molar-refractivity contribution >= 4 is 22.4 Å². The van der Waals surface area contributed by atoms with Crippen LogP contribution in [-0.4, -0.2) is 30.3 Å². The van der Waals surface area contributed by atoms with Gasteiger partial charge in [0.1, 0.15) is 5.01 Å². The molecule has 130 valence electrons. The van der Waals surface area contributed by atoms with Crippen LogP contribution in [0.1, 0.15) is 43.2 Å². The molecule has 0 bridgehead atoms. The number of carbonyl (C=O) groups excluding carboxylic acids is 1. The van der Waals surface area contributed by atoms with E-state index in [1.54, 1.807) is 14.2 Å². The molecule has 1 aromatic heterocycles. The molecule has 0 unspecified atom stereocenters. The highest BCUT2D eigenvalue weighted by molar-refractivity contribution is 7.15. The largest absolute Gasteiger partial charge is 0.493 e. The van der Waals surface area contributed by atoms with Crippen LogP contribution >= 0.6 is 11.3 Å². The summed E-state index contributed by atoms with van der Waals surface area (Å²) < 4.78 is 10.5. The van der Waals surface area contributed by atoms with E-state index in [9.17, 15) is 4.79 Å². The number of hydrogen-bond acceptors (Lipinski definition) is 6. The van der Waals surface area contributed by atoms with Gasteiger partial charge in [0, 0.05) is 12.8 Å². The fourth-order valence-electron chi connectivity index (χ4n) is 2.26. The van der Waals surface area contributed by atoms with Gasteiger partial charge in [0.05, 0.1) is 14.2 Å². The van der Waals surface area contributed by atoms with E-state index in [0.29, 0.717) is 29.5 Å². The number of amides is 1. The summed E-state index contributed by atoms with van der Waals surface area (Å²) in [4.78, 5) is 11.8. The standard InChI is InChI=1S/C17H23N3O3S/c1-4-5-6-7-15(21)18-17-20-19-16(24-17)11-12-8-9-13(22-2)14(10-12)23-3/h8-10H,4-7,11H2,1-3H3,(H,18,20,21). The molecule has 0 atom stereocenters. The van der Waals surface area contributed by atoms with Gasteiger partial charge in [0.15, 0.2) is 11.5 Å². The van der Waals surface area contributed by atoms with Gasteiger partial charge in [-0.05, 0) is 24.1 Å². The summed E-state index contributed by atoms with van der Waals surface area (Å²) in [7, 11) is 3.22. The van der Waals surface area contributed by atoms with Gasteiger partial charge in [-0.3, -0.25) is 4.79 Å². The van der Waals surface area contributed by atoms with E-state index in [2.05, 4.69) is 22.4 Å². The predicted molar refractivity (Wildman–Crippen MR) is 95.0 cm³/mol. The van der Waals surface area contributed by atoms with E-state index in [1.165, 1.54) is 11.3 Å². The highest BCUT2D eigenvalue weighted by Gasteiger charge is 2.10. The van der Waals surface area contributed by atoms with E-state index >= 15 is 0 Å². The van der Waals surface area contributed by atoms with E-state index < -0.39 is 0 Å². The number of ether oxygens (including phenoxy) is 2. The number of anilines is 1. The molecule has 7 heteroatoms. The zero-order valence-electron chi connectivity index (χ0n) is 14.3. The van der Waals surface area contributed by atoms with Crippen molar-refractivity contribution in [3.8, 4) is 11.5 Å². The highest BCUT2D eigenvalue weighted by atomic mass is 32.1. The Bertz CT molecular complexity index is 673. The van der Waals surface area contributed by atoms with Crippen LogP contribution in [0, 0.1) is 0 Å². The summed E-state index contributed by atoms with van der Waals surface area (Å²) in [6.07, 6.45) is 4.22. The second-order valence-electron chi connectivity index (χ2n) is 5.37. The lowest BCUT2D eigenvalue weighted by molar-refractivity contribution is -0.116. The van der Waals surface area contributed by atoms with Crippen molar-refractivity contribution in [3.05, 3.63) is 28.8 Å². The Morgan fingerprint density at radius 2 is 1.96 bits per heavy atom. The Balaban J connectivity index is 1.95. The van der Waals surface area contributed by atoms with Crippen molar-refractivity contribution in [1.82, 2.24) is 10.2 Å². The molecule has 0 aliphatic carbocycles. The van der Waals surface area contributed by atoms with Crippen LogP contribution in [0.4, 0.5) is 5.13 Å². The second-order valence-corrected chi connectivity index (χ2v) is 6.43. The Labute approximate surface area is 146 Å². The van der Waals surface area contributed by atoms with Crippen LogP contribution in [0.15, 0.2) is 18.2 Å². The summed E-state index contributed by atoms with van der Waals surface area (Å²) in [6.45, 7) is 2.11. The van der Waals surface area contributed by atoms with Gasteiger partial charge < -0.3 is 14.8 Å². The van der Waals surface area contributed by atoms with E-state index in [4.69, 9.17) is 9.47 Å². The molecule has 0 aliphatic rings. The molecular formula is C17H23N3O3S. The fourth-order valence-corrected chi connectivity index (χ4v) is 3.05. The van der Waals surface area contributed by atoms with Gasteiger partial charge in [-0.25, -0.2) is 0 Å². The lowest BCUT2D eigenvalue weighted by atomic mass is 10.1. The molecule has 0 saturated carbocycles. The van der Waals surface area contributed by atoms with E-state index in [-0.39, 0.29) is 5.91 Å². The summed E-state index contributed by atoms with van der Waals surface area (Å²) >= 11 is 1.39. The maximum absolute atomic E-state index is 11.8. The third kappa shape index (κ3) is 5.19. The zero-order chi connectivity index (χ0) is 17.4. The third-order valence-electron chi connectivity index (χ3n) is 3.52. The Morgan fingerprint density at radius 3 is 2.67 bits per heavy atom. The average Bonchev–Trinajstić information content (AvgIpc) is 3.01. The number of unbranched alkanes of at least 4 members (excludes halogenated alkanes) is 2. The van der Waals surface area contributed by atoms with Gasteiger partial charge >= 0.3 is 0 Å². The molecule has 0 radical (unpaired) electrons. The summed E-state index contributed by atoms with van der Waals surface area (Å²) in [5.41, 5.74) is 1.05. The summed E-state index contributed by atoms with van der Waals surface area (Å²) in [5.74, 6) is 1.37. The number of rotatable bonds is 9. The van der Waals surface area contributed by atoms with Crippen molar-refractivity contribution in [3.63, 3.8) is 0 Å². The quantitative estimate of drug-likeness (QED) is 0.699. The molecule has 1 heterocycles. The first-order valence-electron chi connectivity index (χ1n) is 7.99. The smallest absolute Gasteiger partial charge is 0.226 e. The minimum absolute atomic E-state index is 0.00253. The topological polar surface area (TPSA) is 73.3 Å². The number of nitrogens with zero attached hydrogens (tertiary/aromatic N) is 2. The van der Waals surface area contributed by atoms with Gasteiger partial charge in [-0.15, -0.1) is 10.2 Å². The van der Waals surface area contributed by atoms with Crippen LogP contribution in [0.2, 0.25) is 0 Å². The molecule has 1 aromatic carbocycles. The molecular weight excluding hydrogens is 326 g/mol. The number of carbonyl (C=O) groups is 1. The molecule has 1 amide bonds. The van der Waals surface area contributed by atoms with Crippen LogP contribution in [0.5, 0.6) is 11.5 Å². The molecule has 1 N–H and O–H groups in total. The molecule has 6 nitrogen and oxygen atoms in total. The van der Waals surface area contributed by atoms with Crippen molar-refractivity contribution in [1.29, 1.82) is 0 Å². The van der Waals surface area contributed by atoms with Crippen LogP contribution in [0.3, 0.4) is 0 Å². The summed E-state index contributed by atoms with van der Waals surface area (Å²) in [6, 6.07) is 5.75. The summed E-state index contributed by atoms with van der Waals surface area (Å²) in [5, 5.41) is 12.4. The molecule has 2 aromatic rings. The zero-order valence-corrected chi connectivity index (χ0v) is 15.1. The maximum Gasteiger partial charge on any atom is 0.226 e. The maximum atomic E-state index is 11.8. The molecule has 24 heavy (non-hydrogen) atoms. The normalized spacial score (nSPS) is 10.5. The van der Waals surface area contributed by atoms with Crippen molar-refractivity contribution in [2.75, 3.05) is 19.5 Å². The Hall–Kier alpha value is -2.15. The molecule has 0 fully saturated rings. The predicted octanol–water partition coefficient (Wildman–Crippen LogP) is 3.66. The number of benzene rings is 1. The number of aromatic nitrogens is 2. The second kappa shape index (κ2) is 9.22. The lowest BCUT2D eigenvalue weighted by Crippen LogP contribution is -2.10. The van der Waals surface area contributed by atoms with Crippen molar-refractivity contribution in [2.24, 2.45) is 0 Å². The van der Waals surface area contributed by atoms with Gasteiger partial charge in [0.25, 0.3) is 0 Å². The molecule has 0 saturated heterocycles. The van der Waals surface area contributed by atoms with E-state index in [0.717, 1.165) is 29.8 Å². The van der Waals surface area contributed by atoms with Crippen molar-refractivity contribution < 1.29 is 14.3 Å². The van der Waals surface area contributed by atoms with Crippen LogP contribution in [-0.2, 0) is 11.2 Å². The van der Waals surface area contributed by atoms with Gasteiger partial charge in [0.2, 0.25) is 11.0 Å². The minimum atomic E-state index is -0.00253. The van der Waals surface area contributed by atoms with Gasteiger partial charge in [-0.2, -0.15) is 0 Å². The van der Waals surface area contributed by atoms with E-state index in [1.807, 2.05) is 18.2 Å². The van der Waals surface area contributed by atoms with Crippen molar-refractivity contribution in [2.45, 2.75) is 39.0 Å². The number of nitrogens with one attached hydrogen (secondary N) is 1. The number of hydrogen-bond donors (Lipinski definition) is 1. The van der Waals surface area contributed by atoms with Crippen LogP contribution in [0.25, 0.3) is 0 Å². The Kier molecular flexibility index (Phi) is 6.99. The first kappa shape index (κ1) is 18.2. The van der Waals surface area contributed by atoms with Crippen LogP contribution < -0.4 is 14.8 Å². The first-order valence-corrected chi connectivity index (χ1v) is 8.81. The SMILES string of the molecule is CCCCCC(=O)Nc1nnc(Cc2ccc(OC)c(OC)c2)s1. The molecule has 0 aliphatic heterocycles. The highest BCUT2D eigenvalue weighted by Crippen LogP contribution is 2.29. The Morgan fingerprint density at radius 1 is 1.17 bits per heavy atom.